The number of benzene rings is 1. The number of H-pyrrole nitrogens is 1. The number of anilines is 4. The number of carbonyl (C=O) groups is 1. The Kier molecular flexibility index (Phi) is 7.57. The molecule has 0 spiro atoms. The van der Waals surface area contributed by atoms with Gasteiger partial charge in [-0.05, 0) is 37.1 Å². The monoisotopic (exact) mass is 549 g/mol. The zero-order valence-corrected chi connectivity index (χ0v) is 22.9. The molecule has 5 heterocycles. The number of nitrogens with zero attached hydrogens (tertiary/aromatic N) is 5. The molecule has 11 heteroatoms. The van der Waals surface area contributed by atoms with Crippen molar-refractivity contribution >= 4 is 40.1 Å². The van der Waals surface area contributed by atoms with E-state index in [1.807, 2.05) is 26.4 Å². The van der Waals surface area contributed by atoms with Crippen molar-refractivity contribution in [2.24, 2.45) is 12.8 Å². The Labute approximate surface area is 230 Å². The number of hydrogen-bond donors (Lipinski definition) is 2. The van der Waals surface area contributed by atoms with Gasteiger partial charge in [-0.15, -0.1) is 0 Å². The fourth-order valence-corrected chi connectivity index (χ4v) is 5.34. The number of halogens is 2. The van der Waals surface area contributed by atoms with E-state index in [2.05, 4.69) is 25.8 Å². The summed E-state index contributed by atoms with van der Waals surface area (Å²) in [4.78, 5) is 35.8. The van der Waals surface area contributed by atoms with Crippen molar-refractivity contribution in [3.8, 4) is 11.1 Å². The molecule has 0 fully saturated rings. The molecule has 0 atom stereocenters. The lowest BCUT2D eigenvalue weighted by Crippen LogP contribution is -2.37. The van der Waals surface area contributed by atoms with Gasteiger partial charge in [0.1, 0.15) is 17.6 Å². The number of nitrogens with two attached hydrogens (primary N) is 1. The Morgan fingerprint density at radius 1 is 1.02 bits per heavy atom. The van der Waals surface area contributed by atoms with Crippen LogP contribution in [0.25, 0.3) is 22.0 Å². The highest BCUT2D eigenvalue weighted by Gasteiger charge is 2.30. The maximum absolute atomic E-state index is 15.0. The molecular weight excluding hydrogens is 516 g/mol. The lowest BCUT2D eigenvalue weighted by atomic mass is 9.98. The number of aldehydes is 1. The average Bonchev–Trinajstić information content (AvgIpc) is 3.31. The molecule has 3 aromatic heterocycles. The molecule has 0 saturated carbocycles. The van der Waals surface area contributed by atoms with Gasteiger partial charge in [0.15, 0.2) is 11.6 Å². The second-order valence-corrected chi connectivity index (χ2v) is 10.2. The van der Waals surface area contributed by atoms with E-state index >= 15 is 0 Å². The highest BCUT2D eigenvalue weighted by atomic mass is 19.1. The summed E-state index contributed by atoms with van der Waals surface area (Å²) in [5.74, 6) is -1.43. The number of aromatic amines is 1. The third-order valence-electron chi connectivity index (χ3n) is 7.50. The van der Waals surface area contributed by atoms with Gasteiger partial charge < -0.3 is 34.8 Å². The van der Waals surface area contributed by atoms with Crippen LogP contribution in [0.15, 0.2) is 41.6 Å². The number of carbonyl (C=O) groups excluding carboxylic acids is 1. The molecule has 2 aliphatic heterocycles. The van der Waals surface area contributed by atoms with Gasteiger partial charge in [-0.1, -0.05) is 0 Å². The molecule has 0 saturated heterocycles. The van der Waals surface area contributed by atoms with Crippen LogP contribution in [-0.2, 0) is 18.4 Å². The normalized spacial score (nSPS) is 13.9. The minimum atomic E-state index is -0.739. The fraction of sp³-hybridized carbons (Fsp3) is 0.345. The zero-order chi connectivity index (χ0) is 28.6. The van der Waals surface area contributed by atoms with Crippen molar-refractivity contribution in [1.82, 2.24) is 14.5 Å². The van der Waals surface area contributed by atoms with Crippen LogP contribution in [0.2, 0.25) is 0 Å². The molecule has 0 amide bonds. The summed E-state index contributed by atoms with van der Waals surface area (Å²) in [6.45, 7) is 2.71. The van der Waals surface area contributed by atoms with E-state index in [4.69, 9.17) is 5.73 Å². The summed E-state index contributed by atoms with van der Waals surface area (Å²) in [5, 5.41) is 0.816. The first-order chi connectivity index (χ1) is 19.2. The molecule has 9 nitrogen and oxygen atoms in total. The average molecular weight is 550 g/mol. The Morgan fingerprint density at radius 2 is 1.75 bits per heavy atom. The van der Waals surface area contributed by atoms with Gasteiger partial charge in [0.05, 0.1) is 29.8 Å². The highest BCUT2D eigenvalue weighted by Crippen LogP contribution is 2.48. The molecular formula is C29H33F2N7O2. The number of aryl methyl sites for hydroxylation is 1. The summed E-state index contributed by atoms with van der Waals surface area (Å²) in [7, 11) is 5.80. The number of unbranched alkanes of at least 4 members (excludes halogenated alkanes) is 2. The van der Waals surface area contributed by atoms with E-state index < -0.39 is 11.6 Å². The predicted octanol–water partition coefficient (Wildman–Crippen LogP) is 4.06. The number of rotatable bonds is 5. The van der Waals surface area contributed by atoms with Gasteiger partial charge >= 0.3 is 0 Å². The van der Waals surface area contributed by atoms with E-state index in [1.165, 1.54) is 0 Å². The van der Waals surface area contributed by atoms with E-state index in [0.29, 0.717) is 18.5 Å². The first-order valence-electron chi connectivity index (χ1n) is 13.3. The number of nitrogens with one attached hydrogen (secondary N) is 1. The molecule has 0 unspecified atom stereocenters. The Bertz CT molecular complexity index is 1630. The maximum atomic E-state index is 15.0. The summed E-state index contributed by atoms with van der Waals surface area (Å²) in [6, 6.07) is 4.98. The standard InChI is InChI=1S/C24H22F2N6O.C5H11NO/c1-29-4-5-30(2)20-8-18-15(7-19(20)29)16-12-31(3)24(33)22-21(16)13(9-27-22)11-32(18)23-17(26)6-14(25)10-28-23;6-4-2-1-3-5-7/h6-10,12,27H,4-5,11H2,1-3H3;5H,1-4,6H2. The lowest BCUT2D eigenvalue weighted by molar-refractivity contribution is -0.107. The molecule has 0 bridgehead atoms. The largest absolute Gasteiger partial charge is 0.371 e. The summed E-state index contributed by atoms with van der Waals surface area (Å²) < 4.78 is 30.2. The van der Waals surface area contributed by atoms with Crippen LogP contribution in [-0.4, -0.2) is 54.6 Å². The fourth-order valence-electron chi connectivity index (χ4n) is 5.34. The lowest BCUT2D eigenvalue weighted by Gasteiger charge is -2.36. The topological polar surface area (TPSA) is 103 Å². The van der Waals surface area contributed by atoms with Crippen LogP contribution in [0, 0.1) is 11.6 Å². The Hall–Kier alpha value is -4.25. The van der Waals surface area contributed by atoms with Crippen molar-refractivity contribution in [2.45, 2.75) is 25.8 Å². The van der Waals surface area contributed by atoms with Gasteiger partial charge in [0.2, 0.25) is 0 Å². The van der Waals surface area contributed by atoms with E-state index in [9.17, 15) is 18.4 Å². The number of hydrogen-bond acceptors (Lipinski definition) is 7. The number of likely N-dealkylation sites (N-methyl/N-ethyl adjacent to an activating group) is 2. The molecule has 3 N–H and O–H groups in total. The summed E-state index contributed by atoms with van der Waals surface area (Å²) in [5.41, 5.74) is 10.9. The van der Waals surface area contributed by atoms with Gasteiger partial charge in [-0.3, -0.25) is 4.79 Å². The van der Waals surface area contributed by atoms with Crippen LogP contribution >= 0.6 is 0 Å². The maximum Gasteiger partial charge on any atom is 0.274 e. The number of fused-ring (bicyclic) bond motifs is 3. The quantitative estimate of drug-likeness (QED) is 0.286. The van der Waals surface area contributed by atoms with Crippen molar-refractivity contribution in [2.75, 3.05) is 48.4 Å². The molecule has 0 radical (unpaired) electrons. The van der Waals surface area contributed by atoms with Gasteiger partial charge in [-0.25, -0.2) is 13.8 Å². The second-order valence-electron chi connectivity index (χ2n) is 10.2. The number of pyridine rings is 2. The van der Waals surface area contributed by atoms with Crippen LogP contribution in [0.3, 0.4) is 0 Å². The van der Waals surface area contributed by atoms with E-state index in [0.717, 1.165) is 83.6 Å². The molecule has 6 rings (SSSR count). The Balaban J connectivity index is 0.000000411. The summed E-state index contributed by atoms with van der Waals surface area (Å²) >= 11 is 0. The SMILES string of the molecule is CN1CCN(C)c2cc3c(cc21)-c1cn(C)c(=O)c2[nH]cc(c12)CN3c1ncc(F)cc1F.NCCCCC=O. The minimum absolute atomic E-state index is 0.0401. The van der Waals surface area contributed by atoms with E-state index in [-0.39, 0.29) is 17.9 Å². The molecule has 0 aliphatic carbocycles. The molecule has 40 heavy (non-hydrogen) atoms. The van der Waals surface area contributed by atoms with Crippen molar-refractivity contribution in [1.29, 1.82) is 0 Å². The van der Waals surface area contributed by atoms with Crippen LogP contribution in [0.5, 0.6) is 0 Å². The van der Waals surface area contributed by atoms with Crippen LogP contribution < -0.4 is 26.0 Å². The minimum Gasteiger partial charge on any atom is -0.371 e. The van der Waals surface area contributed by atoms with Crippen molar-refractivity contribution in [3.63, 3.8) is 0 Å². The highest BCUT2D eigenvalue weighted by molar-refractivity contribution is 6.04. The molecule has 210 valence electrons. The molecule has 2 aliphatic rings. The number of aromatic nitrogens is 3. The van der Waals surface area contributed by atoms with Crippen LogP contribution in [0.1, 0.15) is 24.8 Å². The van der Waals surface area contributed by atoms with Crippen molar-refractivity contribution in [3.05, 3.63) is 64.3 Å². The molecule has 4 aromatic rings. The van der Waals surface area contributed by atoms with Gasteiger partial charge in [0, 0.05) is 75.6 Å². The smallest absolute Gasteiger partial charge is 0.274 e. The second kappa shape index (κ2) is 11.1. The third-order valence-corrected chi connectivity index (χ3v) is 7.50. The zero-order valence-electron chi connectivity index (χ0n) is 22.9. The first kappa shape index (κ1) is 27.3. The Morgan fingerprint density at radius 3 is 2.42 bits per heavy atom. The van der Waals surface area contributed by atoms with Crippen molar-refractivity contribution < 1.29 is 13.6 Å². The molecule has 1 aromatic carbocycles. The first-order valence-corrected chi connectivity index (χ1v) is 13.3. The predicted molar refractivity (Wildman–Crippen MR) is 154 cm³/mol. The van der Waals surface area contributed by atoms with E-state index in [1.54, 1.807) is 22.7 Å². The van der Waals surface area contributed by atoms with Gasteiger partial charge in [0.25, 0.3) is 5.56 Å². The third kappa shape index (κ3) is 4.81. The van der Waals surface area contributed by atoms with Crippen LogP contribution in [0.4, 0.5) is 31.7 Å². The van der Waals surface area contributed by atoms with Gasteiger partial charge in [-0.2, -0.15) is 0 Å². The summed E-state index contributed by atoms with van der Waals surface area (Å²) in [6.07, 6.45) is 8.15.